The Kier molecular flexibility index (Phi) is 7.44. The van der Waals surface area contributed by atoms with Crippen molar-refractivity contribution in [2.45, 2.75) is 0 Å². The summed E-state index contributed by atoms with van der Waals surface area (Å²) < 4.78 is 35.7. The molecule has 0 aromatic heterocycles. The number of anilines is 1. The number of rotatable bonds is 10. The SMILES string of the molecule is COCCN(CCO)S(=O)(=O)CCOc1cccc(N)c1. The molecule has 0 saturated heterocycles. The quantitative estimate of drug-likeness (QED) is 0.585. The maximum atomic E-state index is 12.1. The molecule has 0 bridgehead atoms. The fourth-order valence-electron chi connectivity index (χ4n) is 1.69. The fraction of sp³-hybridized carbons (Fsp3) is 0.538. The smallest absolute Gasteiger partial charge is 0.217 e. The van der Waals surface area contributed by atoms with E-state index in [0.29, 0.717) is 11.4 Å². The van der Waals surface area contributed by atoms with Crippen LogP contribution in [0, 0.1) is 0 Å². The molecule has 0 radical (unpaired) electrons. The molecule has 0 amide bonds. The highest BCUT2D eigenvalue weighted by Gasteiger charge is 2.21. The summed E-state index contributed by atoms with van der Waals surface area (Å²) in [6.45, 7) is 0.302. The molecule has 1 rings (SSSR count). The number of nitrogens with zero attached hydrogens (tertiary/aromatic N) is 1. The summed E-state index contributed by atoms with van der Waals surface area (Å²) in [6, 6.07) is 6.79. The predicted octanol–water partition coefficient (Wildman–Crippen LogP) is -0.0819. The third-order valence-corrected chi connectivity index (χ3v) is 4.59. The summed E-state index contributed by atoms with van der Waals surface area (Å²) in [4.78, 5) is 0. The van der Waals surface area contributed by atoms with Crippen LogP contribution >= 0.6 is 0 Å². The third kappa shape index (κ3) is 6.30. The van der Waals surface area contributed by atoms with E-state index in [-0.39, 0.29) is 38.7 Å². The van der Waals surface area contributed by atoms with Crippen LogP contribution in [-0.4, -0.2) is 63.6 Å². The van der Waals surface area contributed by atoms with Crippen molar-refractivity contribution in [3.63, 3.8) is 0 Å². The number of nitrogen functional groups attached to an aromatic ring is 1. The van der Waals surface area contributed by atoms with E-state index >= 15 is 0 Å². The van der Waals surface area contributed by atoms with Crippen LogP contribution in [0.1, 0.15) is 0 Å². The summed E-state index contributed by atoms with van der Waals surface area (Å²) in [5.74, 6) is 0.349. The zero-order chi connectivity index (χ0) is 15.7. The molecule has 0 spiro atoms. The van der Waals surface area contributed by atoms with E-state index in [9.17, 15) is 8.42 Å². The van der Waals surface area contributed by atoms with Gasteiger partial charge in [0.05, 0.1) is 19.0 Å². The molecule has 1 aromatic carbocycles. The highest BCUT2D eigenvalue weighted by molar-refractivity contribution is 7.89. The lowest BCUT2D eigenvalue weighted by atomic mass is 10.3. The fourth-order valence-corrected chi connectivity index (χ4v) is 2.96. The molecule has 0 aliphatic rings. The maximum Gasteiger partial charge on any atom is 0.217 e. The van der Waals surface area contributed by atoms with E-state index in [1.165, 1.54) is 11.4 Å². The monoisotopic (exact) mass is 318 g/mol. The molecule has 0 saturated carbocycles. The second-order valence-corrected chi connectivity index (χ2v) is 6.44. The van der Waals surface area contributed by atoms with Crippen molar-refractivity contribution in [2.24, 2.45) is 0 Å². The second kappa shape index (κ2) is 8.83. The Bertz CT molecular complexity index is 521. The Balaban J connectivity index is 2.53. The zero-order valence-electron chi connectivity index (χ0n) is 12.1. The van der Waals surface area contributed by atoms with Gasteiger partial charge in [0.2, 0.25) is 10.0 Å². The Hall–Kier alpha value is -1.35. The van der Waals surface area contributed by atoms with Gasteiger partial charge in [-0.2, -0.15) is 4.31 Å². The first-order chi connectivity index (χ1) is 9.99. The van der Waals surface area contributed by atoms with Gasteiger partial charge in [-0.1, -0.05) is 6.07 Å². The topological polar surface area (TPSA) is 102 Å². The van der Waals surface area contributed by atoms with E-state index in [0.717, 1.165) is 0 Å². The summed E-state index contributed by atoms with van der Waals surface area (Å²) in [5.41, 5.74) is 6.16. The van der Waals surface area contributed by atoms with Crippen molar-refractivity contribution >= 4 is 15.7 Å². The van der Waals surface area contributed by atoms with Crippen LogP contribution in [0.15, 0.2) is 24.3 Å². The van der Waals surface area contributed by atoms with Crippen LogP contribution in [0.5, 0.6) is 5.75 Å². The van der Waals surface area contributed by atoms with Crippen LogP contribution in [0.4, 0.5) is 5.69 Å². The first kappa shape index (κ1) is 17.7. The third-order valence-electron chi connectivity index (χ3n) is 2.76. The van der Waals surface area contributed by atoms with Crippen molar-refractivity contribution in [3.05, 3.63) is 24.3 Å². The number of hydrogen-bond donors (Lipinski definition) is 2. The Morgan fingerprint density at radius 3 is 2.67 bits per heavy atom. The van der Waals surface area contributed by atoms with Crippen molar-refractivity contribution < 1.29 is 23.0 Å². The number of aliphatic hydroxyl groups is 1. The van der Waals surface area contributed by atoms with Gasteiger partial charge in [0, 0.05) is 32.0 Å². The molecular weight excluding hydrogens is 296 g/mol. The summed E-state index contributed by atoms with van der Waals surface area (Å²) >= 11 is 0. The molecule has 1 aromatic rings. The number of nitrogens with two attached hydrogens (primary N) is 1. The van der Waals surface area contributed by atoms with Crippen molar-refractivity contribution in [2.75, 3.05) is 51.5 Å². The van der Waals surface area contributed by atoms with Gasteiger partial charge >= 0.3 is 0 Å². The van der Waals surface area contributed by atoms with Gasteiger partial charge in [0.15, 0.2) is 0 Å². The normalized spacial score (nSPS) is 11.8. The van der Waals surface area contributed by atoms with Crippen molar-refractivity contribution in [1.29, 1.82) is 0 Å². The Labute approximate surface area is 125 Å². The van der Waals surface area contributed by atoms with Crippen LogP contribution in [0.3, 0.4) is 0 Å². The number of methoxy groups -OCH3 is 1. The molecule has 0 aliphatic heterocycles. The molecule has 8 heteroatoms. The molecule has 0 atom stereocenters. The summed E-state index contributed by atoms with van der Waals surface area (Å²) in [5, 5.41) is 8.94. The maximum absolute atomic E-state index is 12.1. The standard InChI is InChI=1S/C13H22N2O5S/c1-19-8-6-15(5-7-16)21(17,18)10-9-20-13-4-2-3-12(14)11-13/h2-4,11,16H,5-10,14H2,1H3. The molecule has 3 N–H and O–H groups in total. The molecule has 21 heavy (non-hydrogen) atoms. The Morgan fingerprint density at radius 1 is 1.29 bits per heavy atom. The van der Waals surface area contributed by atoms with Gasteiger partial charge < -0.3 is 20.3 Å². The molecule has 0 aliphatic carbocycles. The molecule has 0 heterocycles. The average molecular weight is 318 g/mol. The van der Waals surface area contributed by atoms with Crippen LogP contribution in [-0.2, 0) is 14.8 Å². The van der Waals surface area contributed by atoms with Gasteiger partial charge in [-0.05, 0) is 12.1 Å². The molecule has 7 nitrogen and oxygen atoms in total. The highest BCUT2D eigenvalue weighted by atomic mass is 32.2. The minimum Gasteiger partial charge on any atom is -0.492 e. The summed E-state index contributed by atoms with van der Waals surface area (Å²) in [6.07, 6.45) is 0. The van der Waals surface area contributed by atoms with Crippen molar-refractivity contribution in [1.82, 2.24) is 4.31 Å². The summed E-state index contributed by atoms with van der Waals surface area (Å²) in [7, 11) is -2.01. The number of ether oxygens (including phenoxy) is 2. The van der Waals surface area contributed by atoms with E-state index < -0.39 is 10.0 Å². The van der Waals surface area contributed by atoms with Gasteiger partial charge in [-0.15, -0.1) is 0 Å². The van der Waals surface area contributed by atoms with Gasteiger partial charge in [-0.3, -0.25) is 0 Å². The number of aliphatic hydroxyl groups excluding tert-OH is 1. The average Bonchev–Trinajstić information content (AvgIpc) is 2.43. The van der Waals surface area contributed by atoms with Gasteiger partial charge in [0.25, 0.3) is 0 Å². The lowest BCUT2D eigenvalue weighted by Gasteiger charge is -2.20. The minimum atomic E-state index is -3.50. The minimum absolute atomic E-state index is 0.0146. The lowest BCUT2D eigenvalue weighted by molar-refractivity contribution is 0.168. The predicted molar refractivity (Wildman–Crippen MR) is 80.7 cm³/mol. The molecule has 0 fully saturated rings. The van der Waals surface area contributed by atoms with Crippen LogP contribution < -0.4 is 10.5 Å². The van der Waals surface area contributed by atoms with Crippen LogP contribution in [0.25, 0.3) is 0 Å². The van der Waals surface area contributed by atoms with E-state index in [4.69, 9.17) is 20.3 Å². The Morgan fingerprint density at radius 2 is 2.05 bits per heavy atom. The van der Waals surface area contributed by atoms with E-state index in [1.807, 2.05) is 0 Å². The second-order valence-electron chi connectivity index (χ2n) is 4.35. The highest BCUT2D eigenvalue weighted by Crippen LogP contribution is 2.14. The first-order valence-corrected chi connectivity index (χ1v) is 8.16. The lowest BCUT2D eigenvalue weighted by Crippen LogP contribution is -2.38. The number of benzene rings is 1. The van der Waals surface area contributed by atoms with E-state index in [2.05, 4.69) is 0 Å². The van der Waals surface area contributed by atoms with Crippen LogP contribution in [0.2, 0.25) is 0 Å². The molecule has 120 valence electrons. The molecule has 0 unspecified atom stereocenters. The van der Waals surface area contributed by atoms with Crippen molar-refractivity contribution in [3.8, 4) is 5.75 Å². The largest absolute Gasteiger partial charge is 0.492 e. The zero-order valence-corrected chi connectivity index (χ0v) is 12.9. The van der Waals surface area contributed by atoms with Gasteiger partial charge in [0.1, 0.15) is 12.4 Å². The van der Waals surface area contributed by atoms with E-state index in [1.54, 1.807) is 24.3 Å². The number of hydrogen-bond acceptors (Lipinski definition) is 6. The first-order valence-electron chi connectivity index (χ1n) is 6.55. The molecular formula is C13H22N2O5S. The van der Waals surface area contributed by atoms with Gasteiger partial charge in [-0.25, -0.2) is 8.42 Å². The number of sulfonamides is 1.